The summed E-state index contributed by atoms with van der Waals surface area (Å²) >= 11 is 0. The molecule has 7 rings (SSSR count). The van der Waals surface area contributed by atoms with Crippen LogP contribution in [0.3, 0.4) is 0 Å². The van der Waals surface area contributed by atoms with Gasteiger partial charge in [0.15, 0.2) is 6.04 Å². The molecule has 0 radical (unpaired) electrons. The number of rotatable bonds is 8. The van der Waals surface area contributed by atoms with E-state index in [2.05, 4.69) is 25.3 Å². The third-order valence-corrected chi connectivity index (χ3v) is 10.2. The van der Waals surface area contributed by atoms with E-state index in [1.54, 1.807) is 36.5 Å². The van der Waals surface area contributed by atoms with E-state index in [1.807, 2.05) is 0 Å². The highest BCUT2D eigenvalue weighted by Crippen LogP contribution is 2.39. The Kier molecular flexibility index (Phi) is 10.1. The summed E-state index contributed by atoms with van der Waals surface area (Å²) < 4.78 is 85.9. The van der Waals surface area contributed by atoms with E-state index in [0.717, 1.165) is 50.9 Å². The second kappa shape index (κ2) is 14.7. The van der Waals surface area contributed by atoms with Crippen molar-refractivity contribution in [2.45, 2.75) is 63.1 Å². The molecule has 52 heavy (non-hydrogen) atoms. The number of likely N-dealkylation sites (tertiary alicyclic amines) is 2. The van der Waals surface area contributed by atoms with Crippen molar-refractivity contribution in [3.8, 4) is 22.5 Å². The monoisotopic (exact) mass is 720 g/mol. The number of carbonyl (C=O) groups is 1. The first-order valence-electron chi connectivity index (χ1n) is 17.5. The van der Waals surface area contributed by atoms with Gasteiger partial charge in [0.1, 0.15) is 0 Å². The standard InChI is InChI=1S/C39H38F6N6O/c40-38(41,42)28-11-7-10-27(22-28)35-31(24-50-20-15-29(16-21-50)51-18-5-2-6-19-51)34(30-23-26(12-13-33(30)47-35)32-14-17-46-49-32)37(52)48-36(39(43,44)45)25-8-3-1-4-9-25/h1,3-4,7-14,17,22-23,29,36H,2,5-6,15-16,18-21,24H2,(H,46,49)(H,48,52)/t36-/m1/s1. The molecule has 2 aromatic heterocycles. The van der Waals surface area contributed by atoms with Gasteiger partial charge < -0.3 is 10.2 Å². The van der Waals surface area contributed by atoms with Crippen LogP contribution in [-0.4, -0.2) is 69.3 Å². The first kappa shape index (κ1) is 35.6. The second-order valence-electron chi connectivity index (χ2n) is 13.5. The number of aromatic nitrogens is 3. The normalized spacial score (nSPS) is 17.3. The van der Waals surface area contributed by atoms with Crippen LogP contribution in [0.4, 0.5) is 26.3 Å². The Balaban J connectivity index is 1.38. The topological polar surface area (TPSA) is 77.2 Å². The molecule has 1 atom stereocenters. The first-order chi connectivity index (χ1) is 25.0. The molecule has 0 spiro atoms. The van der Waals surface area contributed by atoms with Gasteiger partial charge in [-0.25, -0.2) is 4.98 Å². The van der Waals surface area contributed by atoms with Crippen molar-refractivity contribution in [2.24, 2.45) is 0 Å². The number of piperidine rings is 2. The number of H-pyrrole nitrogens is 1. The number of benzene rings is 3. The minimum atomic E-state index is -4.85. The Bertz CT molecular complexity index is 2000. The van der Waals surface area contributed by atoms with Gasteiger partial charge in [-0.05, 0) is 87.8 Å². The number of hydrogen-bond acceptors (Lipinski definition) is 5. The van der Waals surface area contributed by atoms with Crippen LogP contribution in [0, 0.1) is 0 Å². The van der Waals surface area contributed by atoms with Crippen LogP contribution >= 0.6 is 0 Å². The SMILES string of the molecule is O=C(N[C@H](c1ccccc1)C(F)(F)F)c1c(CN2CCC(N3CCCCC3)CC2)c(-c2cccc(C(F)(F)F)c2)nc2ccc(-c3cc[nH]n3)cc12. The molecule has 0 saturated carbocycles. The molecule has 0 unspecified atom stereocenters. The third kappa shape index (κ3) is 7.70. The number of halogens is 6. The van der Waals surface area contributed by atoms with E-state index in [4.69, 9.17) is 4.98 Å². The predicted molar refractivity (Wildman–Crippen MR) is 186 cm³/mol. The number of alkyl halides is 6. The third-order valence-electron chi connectivity index (χ3n) is 10.2. The lowest BCUT2D eigenvalue weighted by Crippen LogP contribution is -2.46. The molecular formula is C39H38F6N6O. The van der Waals surface area contributed by atoms with Crippen molar-refractivity contribution in [1.29, 1.82) is 0 Å². The lowest BCUT2D eigenvalue weighted by atomic mass is 9.92. The smallest absolute Gasteiger partial charge is 0.337 e. The summed E-state index contributed by atoms with van der Waals surface area (Å²) in [4.78, 5) is 24.0. The number of nitrogens with zero attached hydrogens (tertiary/aromatic N) is 4. The predicted octanol–water partition coefficient (Wildman–Crippen LogP) is 8.79. The van der Waals surface area contributed by atoms with E-state index >= 15 is 0 Å². The summed E-state index contributed by atoms with van der Waals surface area (Å²) in [5, 5.41) is 9.50. The van der Waals surface area contributed by atoms with Gasteiger partial charge in [0.2, 0.25) is 0 Å². The quantitative estimate of drug-likeness (QED) is 0.157. The number of nitrogens with one attached hydrogen (secondary N) is 2. The van der Waals surface area contributed by atoms with Gasteiger partial charge in [0, 0.05) is 40.9 Å². The van der Waals surface area contributed by atoms with Crippen molar-refractivity contribution in [2.75, 3.05) is 26.2 Å². The molecule has 2 N–H and O–H groups in total. The number of carbonyl (C=O) groups excluding carboxylic acids is 1. The molecular weight excluding hydrogens is 682 g/mol. The summed E-state index contributed by atoms with van der Waals surface area (Å²) in [5.74, 6) is -1.01. The van der Waals surface area contributed by atoms with Crippen molar-refractivity contribution in [3.63, 3.8) is 0 Å². The highest BCUT2D eigenvalue weighted by Gasteiger charge is 2.43. The van der Waals surface area contributed by atoms with Gasteiger partial charge in [0.05, 0.1) is 28.0 Å². The minimum absolute atomic E-state index is 0.0712. The maximum atomic E-state index is 14.7. The molecule has 2 saturated heterocycles. The Labute approximate surface area is 297 Å². The number of aromatic amines is 1. The largest absolute Gasteiger partial charge is 0.416 e. The van der Waals surface area contributed by atoms with E-state index < -0.39 is 29.9 Å². The van der Waals surface area contributed by atoms with Gasteiger partial charge >= 0.3 is 12.4 Å². The van der Waals surface area contributed by atoms with E-state index in [0.29, 0.717) is 30.4 Å². The molecule has 2 aliphatic rings. The Morgan fingerprint density at radius 1 is 0.846 bits per heavy atom. The number of amides is 1. The van der Waals surface area contributed by atoms with Crippen molar-refractivity contribution >= 4 is 16.8 Å². The van der Waals surface area contributed by atoms with Gasteiger partial charge in [-0.2, -0.15) is 31.4 Å². The Hall–Kier alpha value is -4.75. The summed E-state index contributed by atoms with van der Waals surface area (Å²) in [6.07, 6.45) is -2.64. The van der Waals surface area contributed by atoms with Crippen molar-refractivity contribution in [1.82, 2.24) is 30.3 Å². The summed E-state index contributed by atoms with van der Waals surface area (Å²) in [7, 11) is 0. The van der Waals surface area contributed by atoms with Gasteiger partial charge in [0.25, 0.3) is 5.91 Å². The zero-order chi connectivity index (χ0) is 36.5. The summed E-state index contributed by atoms with van der Waals surface area (Å²) in [6, 6.07) is 16.5. The fourth-order valence-corrected chi connectivity index (χ4v) is 7.53. The molecule has 4 heterocycles. The van der Waals surface area contributed by atoms with Crippen molar-refractivity contribution < 1.29 is 31.1 Å². The average molecular weight is 721 g/mol. The van der Waals surface area contributed by atoms with Crippen LogP contribution in [0.15, 0.2) is 85.1 Å². The average Bonchev–Trinajstić information content (AvgIpc) is 3.69. The van der Waals surface area contributed by atoms with Crippen LogP contribution in [0.2, 0.25) is 0 Å². The number of hydrogen-bond donors (Lipinski definition) is 2. The zero-order valence-electron chi connectivity index (χ0n) is 28.3. The van der Waals surface area contributed by atoms with Crippen LogP contribution < -0.4 is 5.32 Å². The van der Waals surface area contributed by atoms with Crippen LogP contribution in [0.5, 0.6) is 0 Å². The highest BCUT2D eigenvalue weighted by molar-refractivity contribution is 6.10. The van der Waals surface area contributed by atoms with E-state index in [1.165, 1.54) is 42.8 Å². The molecule has 13 heteroatoms. The van der Waals surface area contributed by atoms with Gasteiger partial charge in [-0.1, -0.05) is 55.0 Å². The molecule has 1 amide bonds. The molecule has 0 bridgehead atoms. The molecule has 3 aromatic carbocycles. The van der Waals surface area contributed by atoms with Gasteiger partial charge in [-0.15, -0.1) is 0 Å². The molecule has 2 aliphatic heterocycles. The maximum Gasteiger partial charge on any atom is 0.416 e. The van der Waals surface area contributed by atoms with E-state index in [-0.39, 0.29) is 45.4 Å². The number of fused-ring (bicyclic) bond motifs is 1. The Morgan fingerprint density at radius 2 is 1.60 bits per heavy atom. The lowest BCUT2D eigenvalue weighted by Gasteiger charge is -2.40. The summed E-state index contributed by atoms with van der Waals surface area (Å²) in [5.41, 5.74) is 0.710. The molecule has 272 valence electrons. The zero-order valence-corrected chi connectivity index (χ0v) is 28.3. The summed E-state index contributed by atoms with van der Waals surface area (Å²) in [6.45, 7) is 3.47. The van der Waals surface area contributed by atoms with Crippen LogP contribution in [-0.2, 0) is 12.7 Å². The van der Waals surface area contributed by atoms with Crippen molar-refractivity contribution in [3.05, 3.63) is 107 Å². The maximum absolute atomic E-state index is 14.7. The fourth-order valence-electron chi connectivity index (χ4n) is 7.53. The van der Waals surface area contributed by atoms with Gasteiger partial charge in [-0.3, -0.25) is 14.8 Å². The first-order valence-corrected chi connectivity index (χ1v) is 17.5. The molecule has 2 fully saturated rings. The lowest BCUT2D eigenvalue weighted by molar-refractivity contribution is -0.155. The number of pyridine rings is 1. The second-order valence-corrected chi connectivity index (χ2v) is 13.5. The van der Waals surface area contributed by atoms with E-state index in [9.17, 15) is 31.1 Å². The minimum Gasteiger partial charge on any atom is -0.337 e. The van der Waals surface area contributed by atoms with Crippen LogP contribution in [0.25, 0.3) is 33.4 Å². The molecule has 7 nitrogen and oxygen atoms in total. The Morgan fingerprint density at radius 3 is 2.27 bits per heavy atom. The highest BCUT2D eigenvalue weighted by atomic mass is 19.4. The molecule has 5 aromatic rings. The fraction of sp³-hybridized carbons (Fsp3) is 0.359. The van der Waals surface area contributed by atoms with Crippen LogP contribution in [0.1, 0.15) is 65.2 Å². The molecule has 0 aliphatic carbocycles.